The van der Waals surface area contributed by atoms with E-state index in [9.17, 15) is 0 Å². The molecule has 2 rings (SSSR count). The Labute approximate surface area is 100 Å². The highest BCUT2D eigenvalue weighted by Crippen LogP contribution is 2.20. The first kappa shape index (κ1) is 13.1. The summed E-state index contributed by atoms with van der Waals surface area (Å²) in [6.07, 6.45) is 5.26. The van der Waals surface area contributed by atoms with Gasteiger partial charge in [-0.2, -0.15) is 0 Å². The lowest BCUT2D eigenvalue weighted by Crippen LogP contribution is -2.29. The SMILES string of the molecule is CC.CCc1ccc(N2CCCCC2)cc1. The van der Waals surface area contributed by atoms with Crippen molar-refractivity contribution < 1.29 is 0 Å². The summed E-state index contributed by atoms with van der Waals surface area (Å²) in [6, 6.07) is 9.04. The van der Waals surface area contributed by atoms with Crippen LogP contribution in [0.4, 0.5) is 5.69 Å². The van der Waals surface area contributed by atoms with Crippen LogP contribution in [0.3, 0.4) is 0 Å². The van der Waals surface area contributed by atoms with Gasteiger partial charge in [0, 0.05) is 18.8 Å². The van der Waals surface area contributed by atoms with E-state index in [1.54, 1.807) is 0 Å². The molecule has 0 aliphatic carbocycles. The van der Waals surface area contributed by atoms with Crippen molar-refractivity contribution in [2.75, 3.05) is 18.0 Å². The van der Waals surface area contributed by atoms with Gasteiger partial charge >= 0.3 is 0 Å². The minimum absolute atomic E-state index is 1.14. The summed E-state index contributed by atoms with van der Waals surface area (Å²) in [5.74, 6) is 0. The van der Waals surface area contributed by atoms with Crippen molar-refractivity contribution in [3.05, 3.63) is 29.8 Å². The molecule has 0 aromatic heterocycles. The third-order valence-electron chi connectivity index (χ3n) is 3.07. The van der Waals surface area contributed by atoms with Gasteiger partial charge in [-0.1, -0.05) is 32.9 Å². The fourth-order valence-electron chi connectivity index (χ4n) is 2.09. The van der Waals surface area contributed by atoms with E-state index in [-0.39, 0.29) is 0 Å². The topological polar surface area (TPSA) is 3.24 Å². The lowest BCUT2D eigenvalue weighted by atomic mass is 10.1. The van der Waals surface area contributed by atoms with E-state index in [1.165, 1.54) is 43.6 Å². The molecule has 16 heavy (non-hydrogen) atoms. The molecule has 1 heteroatoms. The number of anilines is 1. The molecule has 0 unspecified atom stereocenters. The van der Waals surface area contributed by atoms with Crippen molar-refractivity contribution in [2.45, 2.75) is 46.5 Å². The standard InChI is InChI=1S/C13H19N.C2H6/c1-2-12-6-8-13(9-7-12)14-10-4-3-5-11-14;1-2/h6-9H,2-5,10-11H2,1H3;1-2H3. The highest BCUT2D eigenvalue weighted by atomic mass is 15.1. The van der Waals surface area contributed by atoms with Crippen LogP contribution in [0.5, 0.6) is 0 Å². The van der Waals surface area contributed by atoms with Gasteiger partial charge in [-0.15, -0.1) is 0 Å². The van der Waals surface area contributed by atoms with E-state index >= 15 is 0 Å². The van der Waals surface area contributed by atoms with Crippen molar-refractivity contribution in [3.63, 3.8) is 0 Å². The van der Waals surface area contributed by atoms with Crippen LogP contribution in [-0.2, 0) is 6.42 Å². The number of hydrogen-bond acceptors (Lipinski definition) is 1. The van der Waals surface area contributed by atoms with E-state index in [0.717, 1.165) is 6.42 Å². The maximum absolute atomic E-state index is 2.50. The number of rotatable bonds is 2. The molecule has 1 aliphatic heterocycles. The molecule has 0 spiro atoms. The second-order valence-corrected chi connectivity index (χ2v) is 4.07. The zero-order chi connectivity index (χ0) is 11.8. The number of aryl methyl sites for hydroxylation is 1. The van der Waals surface area contributed by atoms with Crippen LogP contribution in [0.1, 0.15) is 45.6 Å². The lowest BCUT2D eigenvalue weighted by molar-refractivity contribution is 0.578. The van der Waals surface area contributed by atoms with Crippen molar-refractivity contribution in [1.29, 1.82) is 0 Å². The van der Waals surface area contributed by atoms with Gasteiger partial charge in [-0.3, -0.25) is 0 Å². The van der Waals surface area contributed by atoms with Gasteiger partial charge in [0.25, 0.3) is 0 Å². The maximum atomic E-state index is 2.50. The largest absolute Gasteiger partial charge is 0.372 e. The van der Waals surface area contributed by atoms with Gasteiger partial charge in [0.15, 0.2) is 0 Å². The molecule has 1 nitrogen and oxygen atoms in total. The zero-order valence-corrected chi connectivity index (χ0v) is 11.0. The molecule has 0 radical (unpaired) electrons. The number of piperidine rings is 1. The summed E-state index contributed by atoms with van der Waals surface area (Å²) in [7, 11) is 0. The first-order valence-corrected chi connectivity index (χ1v) is 6.74. The van der Waals surface area contributed by atoms with Crippen LogP contribution in [-0.4, -0.2) is 13.1 Å². The summed E-state index contributed by atoms with van der Waals surface area (Å²) in [4.78, 5) is 2.50. The molecule has 0 atom stereocenters. The monoisotopic (exact) mass is 219 g/mol. The molecule has 0 amide bonds. The number of hydrogen-bond donors (Lipinski definition) is 0. The highest BCUT2D eigenvalue weighted by Gasteiger charge is 2.09. The van der Waals surface area contributed by atoms with E-state index in [1.807, 2.05) is 13.8 Å². The normalized spacial score (nSPS) is 15.3. The Bertz CT molecular complexity index is 270. The maximum Gasteiger partial charge on any atom is 0.0366 e. The average Bonchev–Trinajstić information content (AvgIpc) is 2.42. The molecule has 1 heterocycles. The van der Waals surface area contributed by atoms with Gasteiger partial charge in [-0.25, -0.2) is 0 Å². The Morgan fingerprint density at radius 2 is 1.50 bits per heavy atom. The van der Waals surface area contributed by atoms with E-state index in [2.05, 4.69) is 36.1 Å². The van der Waals surface area contributed by atoms with Crippen molar-refractivity contribution in [2.24, 2.45) is 0 Å². The summed E-state index contributed by atoms with van der Waals surface area (Å²) in [5, 5.41) is 0. The molecule has 90 valence electrons. The fourth-order valence-corrected chi connectivity index (χ4v) is 2.09. The van der Waals surface area contributed by atoms with Crippen LogP contribution in [0.2, 0.25) is 0 Å². The second kappa shape index (κ2) is 7.32. The van der Waals surface area contributed by atoms with E-state index < -0.39 is 0 Å². The predicted octanol–water partition coefficient (Wildman–Crippen LogP) is 4.27. The molecular weight excluding hydrogens is 194 g/mol. The number of benzene rings is 1. The van der Waals surface area contributed by atoms with Crippen LogP contribution in [0.25, 0.3) is 0 Å². The first-order valence-electron chi connectivity index (χ1n) is 6.74. The van der Waals surface area contributed by atoms with Crippen molar-refractivity contribution >= 4 is 5.69 Å². The summed E-state index contributed by atoms with van der Waals surface area (Å²) < 4.78 is 0. The molecule has 0 N–H and O–H groups in total. The van der Waals surface area contributed by atoms with Crippen molar-refractivity contribution in [3.8, 4) is 0 Å². The molecule has 1 saturated heterocycles. The molecule has 1 aliphatic rings. The third kappa shape index (κ3) is 3.55. The molecule has 0 bridgehead atoms. The van der Waals surface area contributed by atoms with Gasteiger partial charge in [0.2, 0.25) is 0 Å². The van der Waals surface area contributed by atoms with Crippen LogP contribution < -0.4 is 4.90 Å². The Balaban J connectivity index is 0.000000606. The Morgan fingerprint density at radius 3 is 2.00 bits per heavy atom. The van der Waals surface area contributed by atoms with Gasteiger partial charge in [0.05, 0.1) is 0 Å². The quantitative estimate of drug-likeness (QED) is 0.718. The molecule has 1 fully saturated rings. The van der Waals surface area contributed by atoms with Gasteiger partial charge in [-0.05, 0) is 43.4 Å². The van der Waals surface area contributed by atoms with Crippen molar-refractivity contribution in [1.82, 2.24) is 0 Å². The smallest absolute Gasteiger partial charge is 0.0366 e. The molecule has 1 aromatic rings. The van der Waals surface area contributed by atoms with E-state index in [0.29, 0.717) is 0 Å². The predicted molar refractivity (Wildman–Crippen MR) is 73.2 cm³/mol. The minimum atomic E-state index is 1.14. The number of nitrogens with zero attached hydrogens (tertiary/aromatic N) is 1. The summed E-state index contributed by atoms with van der Waals surface area (Å²) in [5.41, 5.74) is 2.84. The highest BCUT2D eigenvalue weighted by molar-refractivity contribution is 5.47. The van der Waals surface area contributed by atoms with E-state index in [4.69, 9.17) is 0 Å². The van der Waals surface area contributed by atoms with Crippen LogP contribution >= 0.6 is 0 Å². The first-order chi connectivity index (χ1) is 7.90. The molecule has 0 saturated carbocycles. The minimum Gasteiger partial charge on any atom is -0.372 e. The van der Waals surface area contributed by atoms with Crippen LogP contribution in [0, 0.1) is 0 Å². The van der Waals surface area contributed by atoms with Gasteiger partial charge in [0.1, 0.15) is 0 Å². The fraction of sp³-hybridized carbons (Fsp3) is 0.600. The Hall–Kier alpha value is -0.980. The average molecular weight is 219 g/mol. The molecular formula is C15H25N. The second-order valence-electron chi connectivity index (χ2n) is 4.07. The van der Waals surface area contributed by atoms with Gasteiger partial charge < -0.3 is 4.90 Å². The Kier molecular flexibility index (Phi) is 5.99. The summed E-state index contributed by atoms with van der Waals surface area (Å²) in [6.45, 7) is 8.69. The third-order valence-corrected chi connectivity index (χ3v) is 3.07. The molecule has 1 aromatic carbocycles. The Morgan fingerprint density at radius 1 is 0.938 bits per heavy atom. The van der Waals surface area contributed by atoms with Crippen LogP contribution in [0.15, 0.2) is 24.3 Å². The lowest BCUT2D eigenvalue weighted by Gasteiger charge is -2.28. The summed E-state index contributed by atoms with van der Waals surface area (Å²) >= 11 is 0. The zero-order valence-electron chi connectivity index (χ0n) is 11.0.